The number of hydrogen-bond donors (Lipinski definition) is 3. The molecule has 0 saturated heterocycles. The quantitative estimate of drug-likeness (QED) is 0.663. The molecule has 0 heterocycles. The van der Waals surface area contributed by atoms with Crippen LogP contribution in [0, 0.1) is 0 Å². The van der Waals surface area contributed by atoms with Crippen LogP contribution in [0.1, 0.15) is 47.4 Å². The zero-order valence-electron chi connectivity index (χ0n) is 16.4. The van der Waals surface area contributed by atoms with Crippen LogP contribution in [0.3, 0.4) is 0 Å². The number of carbonyl (C=O) groups is 1. The van der Waals surface area contributed by atoms with Gasteiger partial charge in [-0.3, -0.25) is 0 Å². The van der Waals surface area contributed by atoms with Crippen molar-refractivity contribution in [3.63, 3.8) is 0 Å². The van der Waals surface area contributed by atoms with Gasteiger partial charge in [0.2, 0.25) is 0 Å². The van der Waals surface area contributed by atoms with E-state index in [0.29, 0.717) is 6.42 Å². The molecule has 0 bridgehead atoms. The topological polar surface area (TPSA) is 77.8 Å². The van der Waals surface area contributed by atoms with E-state index in [9.17, 15) is 9.90 Å². The average molecular weight is 390 g/mol. The average Bonchev–Trinajstić information content (AvgIpc) is 3.31. The van der Waals surface area contributed by atoms with Gasteiger partial charge in [0.05, 0.1) is 6.10 Å². The van der Waals surface area contributed by atoms with E-state index in [-0.39, 0.29) is 24.5 Å². The number of fused-ring (bicyclic) bond motifs is 2. The normalized spacial score (nSPS) is 19.0. The van der Waals surface area contributed by atoms with E-state index in [1.807, 2.05) is 24.3 Å². The second-order valence-corrected chi connectivity index (χ2v) is 7.28. The lowest BCUT2D eigenvalue weighted by atomic mass is 9.81. The highest BCUT2D eigenvalue weighted by atomic mass is 16.4. The van der Waals surface area contributed by atoms with Gasteiger partial charge in [0.1, 0.15) is 0 Å². The second kappa shape index (κ2) is 9.50. The summed E-state index contributed by atoms with van der Waals surface area (Å²) in [6.45, 7) is 1.73. The Hall–Kier alpha value is -2.95. The maximum atomic E-state index is 11.4. The van der Waals surface area contributed by atoms with Crippen molar-refractivity contribution in [2.75, 3.05) is 6.61 Å². The molecule has 0 aliphatic heterocycles. The van der Waals surface area contributed by atoms with E-state index in [4.69, 9.17) is 10.2 Å². The number of benzene rings is 2. The molecule has 0 saturated carbocycles. The first-order chi connectivity index (χ1) is 14.0. The van der Waals surface area contributed by atoms with Crippen LogP contribution in [-0.2, 0) is 4.79 Å². The number of allylic oxidation sites excluding steroid dienone is 3. The van der Waals surface area contributed by atoms with Crippen molar-refractivity contribution in [2.45, 2.75) is 31.3 Å². The summed E-state index contributed by atoms with van der Waals surface area (Å²) < 4.78 is 0. The summed E-state index contributed by atoms with van der Waals surface area (Å²) in [6, 6.07) is 16.4. The fourth-order valence-electron chi connectivity index (χ4n) is 3.78. The monoisotopic (exact) mass is 390 g/mol. The van der Waals surface area contributed by atoms with Gasteiger partial charge in [-0.2, -0.15) is 0 Å². The van der Waals surface area contributed by atoms with Gasteiger partial charge in [0.25, 0.3) is 0 Å². The summed E-state index contributed by atoms with van der Waals surface area (Å²) in [4.78, 5) is 11.4. The van der Waals surface area contributed by atoms with Crippen LogP contribution in [0.2, 0.25) is 0 Å². The third-order valence-electron chi connectivity index (χ3n) is 5.15. The van der Waals surface area contributed by atoms with E-state index in [2.05, 4.69) is 48.6 Å². The molecule has 3 N–H and O–H groups in total. The largest absolute Gasteiger partial charge is 0.478 e. The first kappa shape index (κ1) is 20.8. The number of carboxylic acids is 1. The molecule has 2 aromatic rings. The van der Waals surface area contributed by atoms with Gasteiger partial charge in [-0.25, -0.2) is 4.79 Å². The molecular formula is C25H26O4. The van der Waals surface area contributed by atoms with Gasteiger partial charge < -0.3 is 15.3 Å². The van der Waals surface area contributed by atoms with Crippen LogP contribution in [-0.4, -0.2) is 34.0 Å². The maximum absolute atomic E-state index is 11.4. The molecule has 29 heavy (non-hydrogen) atoms. The molecule has 150 valence electrons. The van der Waals surface area contributed by atoms with Crippen molar-refractivity contribution in [1.82, 2.24) is 0 Å². The van der Waals surface area contributed by atoms with Crippen molar-refractivity contribution in [3.05, 3.63) is 94.6 Å². The second-order valence-electron chi connectivity index (χ2n) is 7.28. The minimum atomic E-state index is -0.893. The lowest BCUT2D eigenvalue weighted by Crippen LogP contribution is -2.08. The van der Waals surface area contributed by atoms with Crippen molar-refractivity contribution in [3.8, 4) is 0 Å². The molecule has 0 amide bonds. The number of rotatable bonds is 5. The van der Waals surface area contributed by atoms with Crippen molar-refractivity contribution >= 4 is 18.1 Å². The molecule has 2 aliphatic rings. The smallest absolute Gasteiger partial charge is 0.328 e. The number of aliphatic carboxylic acids is 1. The molecule has 4 rings (SSSR count). The van der Waals surface area contributed by atoms with Crippen molar-refractivity contribution in [2.24, 2.45) is 0 Å². The maximum Gasteiger partial charge on any atom is 0.328 e. The van der Waals surface area contributed by atoms with E-state index >= 15 is 0 Å². The Morgan fingerprint density at radius 1 is 0.966 bits per heavy atom. The summed E-state index contributed by atoms with van der Waals surface area (Å²) >= 11 is 0. The first-order valence-corrected chi connectivity index (χ1v) is 9.79. The molecular weight excluding hydrogens is 364 g/mol. The number of aliphatic hydroxyl groups is 2. The third kappa shape index (κ3) is 4.91. The Morgan fingerprint density at radius 2 is 1.45 bits per heavy atom. The lowest BCUT2D eigenvalue weighted by molar-refractivity contribution is -0.131. The summed E-state index contributed by atoms with van der Waals surface area (Å²) in [6.07, 6.45) is 9.90. The van der Waals surface area contributed by atoms with Gasteiger partial charge in [-0.15, -0.1) is 0 Å². The molecule has 0 radical (unpaired) electrons. The molecule has 3 atom stereocenters. The highest BCUT2D eigenvalue weighted by Gasteiger charge is 2.29. The van der Waals surface area contributed by atoms with E-state index < -0.39 is 5.97 Å². The molecule has 2 aromatic carbocycles. The minimum Gasteiger partial charge on any atom is -0.478 e. The molecule has 3 unspecified atom stereocenters. The molecule has 0 spiro atoms. The molecule has 4 nitrogen and oxygen atoms in total. The number of aliphatic hydroxyl groups excluding tert-OH is 2. The van der Waals surface area contributed by atoms with E-state index in [0.717, 1.165) is 5.57 Å². The van der Waals surface area contributed by atoms with Crippen LogP contribution in [0.15, 0.2) is 72.3 Å². The highest BCUT2D eigenvalue weighted by Crippen LogP contribution is 2.45. The van der Waals surface area contributed by atoms with Gasteiger partial charge in [0, 0.05) is 24.5 Å². The lowest BCUT2D eigenvalue weighted by Gasteiger charge is -2.21. The van der Waals surface area contributed by atoms with Crippen molar-refractivity contribution in [1.29, 1.82) is 0 Å². The summed E-state index contributed by atoms with van der Waals surface area (Å²) in [5.74, 6) is -0.859. The SMILES string of the molecule is CC(O)CCO.O=C(O)C=C(C1C=Cc2ccccc21)C1C=Cc2ccccc21. The number of carboxylic acid groups (broad SMARTS) is 1. The zero-order chi connectivity index (χ0) is 20.8. The van der Waals surface area contributed by atoms with Crippen LogP contribution in [0.25, 0.3) is 12.2 Å². The van der Waals surface area contributed by atoms with Crippen LogP contribution >= 0.6 is 0 Å². The molecule has 2 aliphatic carbocycles. The summed E-state index contributed by atoms with van der Waals surface area (Å²) in [5.41, 5.74) is 5.61. The zero-order valence-corrected chi connectivity index (χ0v) is 16.4. The predicted octanol–water partition coefficient (Wildman–Crippen LogP) is 4.37. The van der Waals surface area contributed by atoms with Crippen LogP contribution < -0.4 is 0 Å². The summed E-state index contributed by atoms with van der Waals surface area (Å²) in [7, 11) is 0. The predicted molar refractivity (Wildman–Crippen MR) is 116 cm³/mol. The Balaban J connectivity index is 0.000000353. The molecule has 0 fully saturated rings. The Labute approximate surface area is 171 Å². The van der Waals surface area contributed by atoms with Crippen molar-refractivity contribution < 1.29 is 20.1 Å². The standard InChI is InChI=1S/C21H16O2.C4H10O2/c22-21(23)13-20(18-11-9-14-5-1-3-7-16(14)18)19-12-10-15-6-2-4-8-17(15)19;1-4(6)2-3-5/h1-13,18-19H,(H,22,23);4-6H,2-3H2,1H3. The van der Waals surface area contributed by atoms with Gasteiger partial charge in [-0.1, -0.05) is 72.8 Å². The van der Waals surface area contributed by atoms with Gasteiger partial charge in [0.15, 0.2) is 0 Å². The minimum absolute atomic E-state index is 0.0168. The Bertz CT molecular complexity index is 889. The first-order valence-electron chi connectivity index (χ1n) is 9.79. The van der Waals surface area contributed by atoms with Crippen LogP contribution in [0.5, 0.6) is 0 Å². The van der Waals surface area contributed by atoms with Gasteiger partial charge >= 0.3 is 5.97 Å². The van der Waals surface area contributed by atoms with E-state index in [1.165, 1.54) is 28.3 Å². The third-order valence-corrected chi connectivity index (χ3v) is 5.15. The van der Waals surface area contributed by atoms with E-state index in [1.54, 1.807) is 6.92 Å². The van der Waals surface area contributed by atoms with Crippen LogP contribution in [0.4, 0.5) is 0 Å². The molecule has 0 aromatic heterocycles. The fraction of sp³-hybridized carbons (Fsp3) is 0.240. The Morgan fingerprint density at radius 3 is 1.83 bits per heavy atom. The highest BCUT2D eigenvalue weighted by molar-refractivity contribution is 5.83. The van der Waals surface area contributed by atoms with Gasteiger partial charge in [-0.05, 0) is 41.2 Å². The number of hydrogen-bond acceptors (Lipinski definition) is 3. The summed E-state index contributed by atoms with van der Waals surface area (Å²) in [5, 5.41) is 25.8. The molecule has 4 heteroatoms. The Kier molecular flexibility index (Phi) is 6.81. The fourth-order valence-corrected chi connectivity index (χ4v) is 3.78.